The minimum Gasteiger partial charge on any atom is -0.383 e. The molecule has 21 heavy (non-hydrogen) atoms. The molecule has 0 saturated heterocycles. The average Bonchev–Trinajstić information content (AvgIpc) is 2.51. The predicted octanol–water partition coefficient (Wildman–Crippen LogP) is 3.83. The van der Waals surface area contributed by atoms with Crippen molar-refractivity contribution in [3.8, 4) is 11.5 Å². The van der Waals surface area contributed by atoms with Crippen LogP contribution >= 0.6 is 22.6 Å². The first kappa shape index (κ1) is 14.2. The van der Waals surface area contributed by atoms with Gasteiger partial charge in [0, 0.05) is 11.6 Å². The van der Waals surface area contributed by atoms with E-state index in [1.807, 2.05) is 24.3 Å². The first-order valence-electron chi connectivity index (χ1n) is 6.86. The van der Waals surface area contributed by atoms with Crippen LogP contribution in [-0.4, -0.2) is 15.0 Å². The Labute approximate surface area is 137 Å². The Morgan fingerprint density at radius 3 is 2.76 bits per heavy atom. The number of aryl methyl sites for hydroxylation is 1. The Kier molecular flexibility index (Phi) is 4.01. The molecule has 0 aliphatic heterocycles. The van der Waals surface area contributed by atoms with E-state index in [-0.39, 0.29) is 0 Å². The molecule has 0 radical (unpaired) electrons. The highest BCUT2D eigenvalue weighted by Crippen LogP contribution is 2.27. The number of rotatable bonds is 3. The highest BCUT2D eigenvalue weighted by molar-refractivity contribution is 14.1. The predicted molar refractivity (Wildman–Crippen MR) is 93.9 cm³/mol. The Morgan fingerprint density at radius 2 is 1.95 bits per heavy atom. The van der Waals surface area contributed by atoms with Crippen LogP contribution in [0.4, 0.5) is 5.82 Å². The quantitative estimate of drug-likeness (QED) is 0.691. The second-order valence-electron chi connectivity index (χ2n) is 4.82. The third kappa shape index (κ3) is 2.70. The van der Waals surface area contributed by atoms with Crippen molar-refractivity contribution in [3.05, 3.63) is 45.8 Å². The second-order valence-corrected chi connectivity index (χ2v) is 5.90. The lowest BCUT2D eigenvalue weighted by Crippen LogP contribution is -2.05. The molecular weight excluding hydrogens is 375 g/mol. The molecule has 5 heteroatoms. The van der Waals surface area contributed by atoms with Crippen molar-refractivity contribution in [1.82, 2.24) is 15.0 Å². The highest BCUT2D eigenvalue weighted by Gasteiger charge is 2.13. The molecule has 2 N–H and O–H groups in total. The Morgan fingerprint density at radius 1 is 1.14 bits per heavy atom. The van der Waals surface area contributed by atoms with Gasteiger partial charge in [-0.25, -0.2) is 9.97 Å². The molecule has 0 spiro atoms. The van der Waals surface area contributed by atoms with Gasteiger partial charge in [-0.1, -0.05) is 37.6 Å². The van der Waals surface area contributed by atoms with Crippen molar-refractivity contribution in [2.24, 2.45) is 0 Å². The van der Waals surface area contributed by atoms with E-state index in [4.69, 9.17) is 5.73 Å². The first-order chi connectivity index (χ1) is 10.2. The molecule has 3 aromatic rings. The number of fused-ring (bicyclic) bond motifs is 1. The van der Waals surface area contributed by atoms with E-state index in [9.17, 15) is 0 Å². The summed E-state index contributed by atoms with van der Waals surface area (Å²) in [4.78, 5) is 13.6. The SMILES string of the molecule is CCCc1nc(-c2nccc3ccccc23)nc(N)c1I. The van der Waals surface area contributed by atoms with Gasteiger partial charge in [0.15, 0.2) is 5.82 Å². The van der Waals surface area contributed by atoms with Crippen molar-refractivity contribution >= 4 is 39.2 Å². The molecule has 1 aromatic carbocycles. The van der Waals surface area contributed by atoms with Crippen LogP contribution < -0.4 is 5.73 Å². The standard InChI is InChI=1S/C16H15IN4/c1-2-5-12-13(17)15(18)21-16(20-12)14-11-7-4-3-6-10(11)8-9-19-14/h3-4,6-9H,2,5H2,1H3,(H2,18,20,21). The number of nitrogens with zero attached hydrogens (tertiary/aromatic N) is 3. The summed E-state index contributed by atoms with van der Waals surface area (Å²) in [6, 6.07) is 10.1. The molecule has 2 aromatic heterocycles. The number of hydrogen-bond acceptors (Lipinski definition) is 4. The maximum atomic E-state index is 6.05. The minimum atomic E-state index is 0.527. The molecule has 0 fully saturated rings. The summed E-state index contributed by atoms with van der Waals surface area (Å²) in [5.41, 5.74) is 7.83. The van der Waals surface area contributed by atoms with Gasteiger partial charge in [0.05, 0.1) is 9.26 Å². The van der Waals surface area contributed by atoms with E-state index in [1.165, 1.54) is 0 Å². The van der Waals surface area contributed by atoms with E-state index >= 15 is 0 Å². The van der Waals surface area contributed by atoms with Gasteiger partial charge in [0.1, 0.15) is 11.5 Å². The summed E-state index contributed by atoms with van der Waals surface area (Å²) in [6.45, 7) is 2.13. The van der Waals surface area contributed by atoms with E-state index in [2.05, 4.69) is 50.5 Å². The molecule has 2 heterocycles. The van der Waals surface area contributed by atoms with Gasteiger partial charge in [-0.3, -0.25) is 4.98 Å². The average molecular weight is 390 g/mol. The van der Waals surface area contributed by atoms with Crippen LogP contribution in [-0.2, 0) is 6.42 Å². The fourth-order valence-corrected chi connectivity index (χ4v) is 2.83. The number of aromatic nitrogens is 3. The molecule has 0 aliphatic carbocycles. The van der Waals surface area contributed by atoms with Crippen LogP contribution in [0, 0.1) is 3.57 Å². The van der Waals surface area contributed by atoms with E-state index in [0.29, 0.717) is 11.6 Å². The molecule has 0 atom stereocenters. The smallest absolute Gasteiger partial charge is 0.181 e. The van der Waals surface area contributed by atoms with Gasteiger partial charge in [0.25, 0.3) is 0 Å². The third-order valence-corrected chi connectivity index (χ3v) is 4.49. The Balaban J connectivity index is 2.23. The van der Waals surface area contributed by atoms with Gasteiger partial charge in [-0.2, -0.15) is 0 Å². The van der Waals surface area contributed by atoms with Crippen molar-refractivity contribution in [3.63, 3.8) is 0 Å². The number of halogens is 1. The van der Waals surface area contributed by atoms with Crippen LogP contribution in [0.2, 0.25) is 0 Å². The zero-order chi connectivity index (χ0) is 14.8. The number of hydrogen-bond donors (Lipinski definition) is 1. The topological polar surface area (TPSA) is 64.7 Å². The van der Waals surface area contributed by atoms with E-state index in [1.54, 1.807) is 6.20 Å². The van der Waals surface area contributed by atoms with Crippen LogP contribution in [0.3, 0.4) is 0 Å². The number of nitrogen functional groups attached to an aromatic ring is 1. The normalized spacial score (nSPS) is 11.0. The number of nitrogens with two attached hydrogens (primary N) is 1. The lowest BCUT2D eigenvalue weighted by molar-refractivity contribution is 0.868. The Hall–Kier alpha value is -1.76. The second kappa shape index (κ2) is 5.93. The lowest BCUT2D eigenvalue weighted by Gasteiger charge is -2.09. The number of pyridine rings is 1. The lowest BCUT2D eigenvalue weighted by atomic mass is 10.1. The molecule has 0 bridgehead atoms. The zero-order valence-corrected chi connectivity index (χ0v) is 13.8. The number of benzene rings is 1. The molecular formula is C16H15IN4. The summed E-state index contributed by atoms with van der Waals surface area (Å²) in [7, 11) is 0. The monoisotopic (exact) mass is 390 g/mol. The van der Waals surface area contributed by atoms with Crippen LogP contribution in [0.5, 0.6) is 0 Å². The molecule has 0 aliphatic rings. The largest absolute Gasteiger partial charge is 0.383 e. The summed E-state index contributed by atoms with van der Waals surface area (Å²) < 4.78 is 0.943. The molecule has 3 rings (SSSR count). The Bertz CT molecular complexity index is 796. The van der Waals surface area contributed by atoms with Crippen molar-refractivity contribution < 1.29 is 0 Å². The molecule has 0 saturated carbocycles. The van der Waals surface area contributed by atoms with Crippen molar-refractivity contribution in [1.29, 1.82) is 0 Å². The van der Waals surface area contributed by atoms with Gasteiger partial charge in [-0.05, 0) is 40.5 Å². The summed E-state index contributed by atoms with van der Waals surface area (Å²) in [5, 5.41) is 2.17. The van der Waals surface area contributed by atoms with Crippen LogP contribution in [0.15, 0.2) is 36.5 Å². The summed E-state index contributed by atoms with van der Waals surface area (Å²) >= 11 is 2.21. The zero-order valence-electron chi connectivity index (χ0n) is 11.7. The van der Waals surface area contributed by atoms with E-state index < -0.39 is 0 Å². The fraction of sp³-hybridized carbons (Fsp3) is 0.188. The summed E-state index contributed by atoms with van der Waals surface area (Å²) in [5.74, 6) is 1.13. The van der Waals surface area contributed by atoms with Crippen molar-refractivity contribution in [2.45, 2.75) is 19.8 Å². The maximum Gasteiger partial charge on any atom is 0.181 e. The van der Waals surface area contributed by atoms with Gasteiger partial charge in [0.2, 0.25) is 0 Å². The first-order valence-corrected chi connectivity index (χ1v) is 7.94. The molecule has 106 valence electrons. The van der Waals surface area contributed by atoms with Crippen molar-refractivity contribution in [2.75, 3.05) is 5.73 Å². The fourth-order valence-electron chi connectivity index (χ4n) is 2.32. The molecule has 0 amide bonds. The van der Waals surface area contributed by atoms with Crippen LogP contribution in [0.25, 0.3) is 22.3 Å². The van der Waals surface area contributed by atoms with Gasteiger partial charge >= 0.3 is 0 Å². The van der Waals surface area contributed by atoms with E-state index in [0.717, 1.165) is 38.6 Å². The van der Waals surface area contributed by atoms with Gasteiger partial charge in [-0.15, -0.1) is 0 Å². The number of anilines is 1. The maximum absolute atomic E-state index is 6.05. The minimum absolute atomic E-state index is 0.527. The molecule has 0 unspecified atom stereocenters. The third-order valence-electron chi connectivity index (χ3n) is 3.32. The molecule has 4 nitrogen and oxygen atoms in total. The summed E-state index contributed by atoms with van der Waals surface area (Å²) in [6.07, 6.45) is 3.70. The van der Waals surface area contributed by atoms with Crippen LogP contribution in [0.1, 0.15) is 19.0 Å². The highest BCUT2D eigenvalue weighted by atomic mass is 127. The van der Waals surface area contributed by atoms with Gasteiger partial charge < -0.3 is 5.73 Å².